The zero-order valence-electron chi connectivity index (χ0n) is 10.2. The molecule has 4 N–H and O–H groups in total. The Morgan fingerprint density at radius 1 is 1.07 bits per heavy atom. The smallest absolute Gasteiger partial charge is 0.0530 e. The van der Waals surface area contributed by atoms with Crippen molar-refractivity contribution in [3.05, 3.63) is 0 Å². The van der Waals surface area contributed by atoms with Crippen molar-refractivity contribution in [2.24, 2.45) is 23.3 Å². The fraction of sp³-hybridized carbons (Fsp3) is 1.00. The molecule has 1 saturated heterocycles. The Balaban J connectivity index is 2.39. The Labute approximate surface area is 93.6 Å². The van der Waals surface area contributed by atoms with Gasteiger partial charge in [-0.1, -0.05) is 26.7 Å². The van der Waals surface area contributed by atoms with Gasteiger partial charge in [-0.2, -0.15) is 0 Å². The molecule has 1 fully saturated rings. The van der Waals surface area contributed by atoms with Crippen LogP contribution < -0.4 is 11.5 Å². The standard InChI is InChI=1S/C11H26N4/c1-3-10-5-14(6-11(10)4-2)9-15(7-12)8-13/h10-11H,3-9,12-13H2,1-2H3. The van der Waals surface area contributed by atoms with E-state index in [4.69, 9.17) is 11.5 Å². The van der Waals surface area contributed by atoms with Crippen molar-refractivity contribution in [2.75, 3.05) is 33.1 Å². The van der Waals surface area contributed by atoms with E-state index in [2.05, 4.69) is 23.6 Å². The highest BCUT2D eigenvalue weighted by molar-refractivity contribution is 4.82. The van der Waals surface area contributed by atoms with Gasteiger partial charge in [0, 0.05) is 26.4 Å². The first-order valence-corrected chi connectivity index (χ1v) is 6.09. The minimum absolute atomic E-state index is 0.556. The highest BCUT2D eigenvalue weighted by Crippen LogP contribution is 2.28. The van der Waals surface area contributed by atoms with Crippen LogP contribution in [0.15, 0.2) is 0 Å². The molecule has 0 aromatic heterocycles. The first kappa shape index (κ1) is 12.9. The summed E-state index contributed by atoms with van der Waals surface area (Å²) in [5.74, 6) is 1.74. The lowest BCUT2D eigenvalue weighted by molar-refractivity contribution is 0.153. The summed E-state index contributed by atoms with van der Waals surface area (Å²) in [4.78, 5) is 4.56. The maximum Gasteiger partial charge on any atom is 0.0530 e. The van der Waals surface area contributed by atoms with Crippen LogP contribution in [-0.4, -0.2) is 42.9 Å². The molecular weight excluding hydrogens is 188 g/mol. The second-order valence-electron chi connectivity index (χ2n) is 4.55. The molecule has 0 aliphatic carbocycles. The second kappa shape index (κ2) is 6.43. The van der Waals surface area contributed by atoms with Crippen LogP contribution >= 0.6 is 0 Å². The number of nitrogens with zero attached hydrogens (tertiary/aromatic N) is 2. The van der Waals surface area contributed by atoms with Gasteiger partial charge in [0.25, 0.3) is 0 Å². The molecule has 0 saturated carbocycles. The molecule has 90 valence electrons. The maximum atomic E-state index is 5.61. The van der Waals surface area contributed by atoms with Gasteiger partial charge in [-0.25, -0.2) is 0 Å². The first-order chi connectivity index (χ1) is 7.24. The maximum absolute atomic E-state index is 5.61. The Morgan fingerprint density at radius 3 is 1.87 bits per heavy atom. The molecule has 0 bridgehead atoms. The predicted octanol–water partition coefficient (Wildman–Crippen LogP) is 0.446. The number of likely N-dealkylation sites (tertiary alicyclic amines) is 1. The lowest BCUT2D eigenvalue weighted by Crippen LogP contribution is -2.43. The van der Waals surface area contributed by atoms with Gasteiger partial charge in [0.05, 0.1) is 6.67 Å². The van der Waals surface area contributed by atoms with Crippen LogP contribution in [0.2, 0.25) is 0 Å². The van der Waals surface area contributed by atoms with E-state index in [9.17, 15) is 0 Å². The van der Waals surface area contributed by atoms with Crippen molar-refractivity contribution in [1.82, 2.24) is 9.80 Å². The molecule has 4 heteroatoms. The van der Waals surface area contributed by atoms with E-state index in [0.717, 1.165) is 18.5 Å². The fourth-order valence-corrected chi connectivity index (χ4v) is 2.55. The summed E-state index contributed by atoms with van der Waals surface area (Å²) in [7, 11) is 0. The van der Waals surface area contributed by atoms with Gasteiger partial charge in [-0.3, -0.25) is 9.80 Å². The lowest BCUT2D eigenvalue weighted by atomic mass is 9.92. The van der Waals surface area contributed by atoms with Gasteiger partial charge < -0.3 is 11.5 Å². The summed E-state index contributed by atoms with van der Waals surface area (Å²) in [6, 6.07) is 0. The monoisotopic (exact) mass is 214 g/mol. The third-order valence-corrected chi connectivity index (χ3v) is 3.62. The second-order valence-corrected chi connectivity index (χ2v) is 4.55. The Morgan fingerprint density at radius 2 is 1.53 bits per heavy atom. The van der Waals surface area contributed by atoms with Crippen molar-refractivity contribution in [1.29, 1.82) is 0 Å². The van der Waals surface area contributed by atoms with E-state index in [0.29, 0.717) is 13.3 Å². The summed E-state index contributed by atoms with van der Waals surface area (Å²) in [6.45, 7) is 9.05. The van der Waals surface area contributed by atoms with Crippen LogP contribution in [0.5, 0.6) is 0 Å². The molecule has 1 rings (SSSR count). The Bertz CT molecular complexity index is 158. The van der Waals surface area contributed by atoms with Crippen LogP contribution in [0.25, 0.3) is 0 Å². The van der Waals surface area contributed by atoms with Crippen molar-refractivity contribution >= 4 is 0 Å². The third-order valence-electron chi connectivity index (χ3n) is 3.62. The molecule has 0 aromatic rings. The van der Waals surface area contributed by atoms with Crippen molar-refractivity contribution in [3.63, 3.8) is 0 Å². The first-order valence-electron chi connectivity index (χ1n) is 6.09. The number of hydrogen-bond acceptors (Lipinski definition) is 4. The summed E-state index contributed by atoms with van der Waals surface area (Å²) >= 11 is 0. The minimum atomic E-state index is 0.556. The predicted molar refractivity (Wildman–Crippen MR) is 63.9 cm³/mol. The molecule has 0 radical (unpaired) electrons. The summed E-state index contributed by atoms with van der Waals surface area (Å²) in [6.07, 6.45) is 2.58. The third kappa shape index (κ3) is 3.41. The molecule has 1 aliphatic heterocycles. The number of nitrogens with two attached hydrogens (primary N) is 2. The van der Waals surface area contributed by atoms with Gasteiger partial charge in [0.15, 0.2) is 0 Å². The highest BCUT2D eigenvalue weighted by atomic mass is 15.4. The van der Waals surface area contributed by atoms with Crippen molar-refractivity contribution in [3.8, 4) is 0 Å². The van der Waals surface area contributed by atoms with Crippen LogP contribution in [-0.2, 0) is 0 Å². The summed E-state index contributed by atoms with van der Waals surface area (Å²) in [5, 5.41) is 0. The van der Waals surface area contributed by atoms with E-state index in [-0.39, 0.29) is 0 Å². The van der Waals surface area contributed by atoms with Crippen LogP contribution in [0.3, 0.4) is 0 Å². The molecule has 0 amide bonds. The average molecular weight is 214 g/mol. The topological polar surface area (TPSA) is 58.5 Å². The molecule has 1 heterocycles. The average Bonchev–Trinajstić information content (AvgIpc) is 2.68. The SMILES string of the molecule is CCC1CN(CN(CN)CN)CC1CC. The molecule has 2 atom stereocenters. The quantitative estimate of drug-likeness (QED) is 0.630. The number of hydrogen-bond donors (Lipinski definition) is 2. The molecule has 15 heavy (non-hydrogen) atoms. The Hall–Kier alpha value is -0.160. The normalized spacial score (nSPS) is 27.8. The minimum Gasteiger partial charge on any atom is -0.318 e. The van der Waals surface area contributed by atoms with E-state index in [1.807, 2.05) is 0 Å². The molecular formula is C11H26N4. The van der Waals surface area contributed by atoms with Gasteiger partial charge in [0.1, 0.15) is 0 Å². The molecule has 4 nitrogen and oxygen atoms in total. The zero-order chi connectivity index (χ0) is 11.3. The largest absolute Gasteiger partial charge is 0.318 e. The van der Waals surface area contributed by atoms with Crippen molar-refractivity contribution < 1.29 is 0 Å². The Kier molecular flexibility index (Phi) is 5.53. The van der Waals surface area contributed by atoms with Crippen LogP contribution in [0.4, 0.5) is 0 Å². The van der Waals surface area contributed by atoms with E-state index in [1.54, 1.807) is 0 Å². The van der Waals surface area contributed by atoms with E-state index >= 15 is 0 Å². The fourth-order valence-electron chi connectivity index (χ4n) is 2.55. The van der Waals surface area contributed by atoms with Crippen molar-refractivity contribution in [2.45, 2.75) is 26.7 Å². The molecule has 2 unspecified atom stereocenters. The van der Waals surface area contributed by atoms with Gasteiger partial charge in [0.2, 0.25) is 0 Å². The molecule has 0 spiro atoms. The van der Waals surface area contributed by atoms with Gasteiger partial charge in [-0.05, 0) is 11.8 Å². The molecule has 0 aromatic carbocycles. The highest BCUT2D eigenvalue weighted by Gasteiger charge is 2.30. The van der Waals surface area contributed by atoms with E-state index in [1.165, 1.54) is 25.9 Å². The van der Waals surface area contributed by atoms with Gasteiger partial charge >= 0.3 is 0 Å². The van der Waals surface area contributed by atoms with Crippen LogP contribution in [0, 0.1) is 11.8 Å². The summed E-state index contributed by atoms with van der Waals surface area (Å²) in [5.41, 5.74) is 11.2. The molecule has 1 aliphatic rings. The van der Waals surface area contributed by atoms with E-state index < -0.39 is 0 Å². The summed E-state index contributed by atoms with van der Waals surface area (Å²) < 4.78 is 0. The zero-order valence-corrected chi connectivity index (χ0v) is 10.2. The van der Waals surface area contributed by atoms with Gasteiger partial charge in [-0.15, -0.1) is 0 Å². The van der Waals surface area contributed by atoms with Crippen LogP contribution in [0.1, 0.15) is 26.7 Å². The number of rotatable bonds is 6. The lowest BCUT2D eigenvalue weighted by Gasteiger charge is -2.24.